The van der Waals surface area contributed by atoms with Crippen molar-refractivity contribution in [2.24, 2.45) is 25.9 Å². The maximum Gasteiger partial charge on any atom is 0.334 e. The average molecular weight is 855 g/mol. The standard InChI is InChI=1S/C42H45ClF2N12O4/c1-52-30-9-8-26(20-28(30)33-35(39(52)59)61-23-42(44,45)36(49-33)25-6-7-25)47-37-29(43)21-46-40(50-37)56-18-16-54(17-19-56)22-24-10-13-55(14-11-24)31-5-3-4-27-34(31)53(2)51-38(27)57-15-12-32(58)48-41(57)60/h3-5,8-9,12,15,20-21,24-25,36,49H,6-7,10-11,13-14,16-19,22-23H2,1-2H3,(H,46,47,50)(H,48,58,60). The number of para-hydroxylation sites is 1. The van der Waals surface area contributed by atoms with Gasteiger partial charge in [-0.15, -0.1) is 0 Å². The first-order chi connectivity index (χ1) is 29.4. The largest absolute Gasteiger partial charge is 0.480 e. The molecule has 1 unspecified atom stereocenters. The van der Waals surface area contributed by atoms with Crippen LogP contribution in [0, 0.1) is 11.8 Å². The monoisotopic (exact) mass is 854 g/mol. The van der Waals surface area contributed by atoms with Gasteiger partial charge in [-0.3, -0.25) is 28.7 Å². The third kappa shape index (κ3) is 7.24. The Balaban J connectivity index is 0.785. The van der Waals surface area contributed by atoms with E-state index in [1.807, 2.05) is 19.2 Å². The fraction of sp³-hybridized carbons (Fsp3) is 0.429. The van der Waals surface area contributed by atoms with E-state index in [-0.39, 0.29) is 17.4 Å². The summed E-state index contributed by atoms with van der Waals surface area (Å²) < 4.78 is 40.4. The van der Waals surface area contributed by atoms with Crippen molar-refractivity contribution in [1.82, 2.24) is 38.8 Å². The lowest BCUT2D eigenvalue weighted by atomic mass is 9.95. The molecule has 3 N–H and O–H groups in total. The molecule has 61 heavy (non-hydrogen) atoms. The highest BCUT2D eigenvalue weighted by atomic mass is 35.5. The molecule has 6 aromatic rings. The van der Waals surface area contributed by atoms with Gasteiger partial charge in [-0.25, -0.2) is 18.6 Å². The van der Waals surface area contributed by atoms with E-state index in [0.717, 1.165) is 75.2 Å². The number of aromatic nitrogens is 7. The lowest BCUT2D eigenvalue weighted by molar-refractivity contribution is -0.0579. The molecule has 1 atom stereocenters. The van der Waals surface area contributed by atoms with Gasteiger partial charge in [0.25, 0.3) is 11.1 Å². The van der Waals surface area contributed by atoms with Crippen LogP contribution in [0.25, 0.3) is 27.6 Å². The Bertz CT molecular complexity index is 2860. The molecular formula is C42H45ClF2N12O4. The third-order valence-electron chi connectivity index (χ3n) is 12.6. The van der Waals surface area contributed by atoms with Crippen molar-refractivity contribution in [3.63, 3.8) is 0 Å². The minimum absolute atomic E-state index is 0.110. The summed E-state index contributed by atoms with van der Waals surface area (Å²) in [5, 5.41) is 12.7. The number of aromatic amines is 1. The van der Waals surface area contributed by atoms with E-state index in [1.165, 1.54) is 21.4 Å². The number of anilines is 5. The van der Waals surface area contributed by atoms with Gasteiger partial charge in [0.15, 0.2) is 18.2 Å². The summed E-state index contributed by atoms with van der Waals surface area (Å²) in [5.74, 6) is -1.44. The first-order valence-corrected chi connectivity index (χ1v) is 21.0. The van der Waals surface area contributed by atoms with E-state index < -0.39 is 35.4 Å². The van der Waals surface area contributed by atoms with Gasteiger partial charge < -0.3 is 29.7 Å². The fourth-order valence-corrected chi connectivity index (χ4v) is 9.33. The molecule has 318 valence electrons. The van der Waals surface area contributed by atoms with Crippen molar-refractivity contribution in [3.8, 4) is 11.6 Å². The second-order valence-corrected chi connectivity index (χ2v) is 17.0. The van der Waals surface area contributed by atoms with Crippen LogP contribution in [0.3, 0.4) is 0 Å². The summed E-state index contributed by atoms with van der Waals surface area (Å²) in [4.78, 5) is 56.3. The molecule has 3 fully saturated rings. The number of fused-ring (bicyclic) bond motifs is 4. The normalized spacial score (nSPS) is 19.7. The molecule has 0 amide bonds. The molecule has 0 spiro atoms. The topological polar surface area (TPSA) is 163 Å². The van der Waals surface area contributed by atoms with Crippen molar-refractivity contribution in [3.05, 3.63) is 91.1 Å². The summed E-state index contributed by atoms with van der Waals surface area (Å²) in [6.45, 7) is 5.16. The number of pyridine rings is 1. The summed E-state index contributed by atoms with van der Waals surface area (Å²) in [6, 6.07) is 11.6. The zero-order valence-electron chi connectivity index (χ0n) is 33.7. The predicted molar refractivity (Wildman–Crippen MR) is 231 cm³/mol. The molecule has 7 heterocycles. The number of hydrogen-bond acceptors (Lipinski definition) is 12. The molecule has 2 aromatic carbocycles. The summed E-state index contributed by atoms with van der Waals surface area (Å²) in [7, 11) is 3.48. The summed E-state index contributed by atoms with van der Waals surface area (Å²) in [5.41, 5.74) is 2.01. The maximum absolute atomic E-state index is 15.2. The van der Waals surface area contributed by atoms with Crippen LogP contribution in [-0.2, 0) is 14.1 Å². The lowest BCUT2D eigenvalue weighted by Crippen LogP contribution is -2.49. The van der Waals surface area contributed by atoms with Crippen molar-refractivity contribution in [2.75, 3.05) is 72.9 Å². The van der Waals surface area contributed by atoms with Crippen LogP contribution >= 0.6 is 11.6 Å². The molecule has 19 heteroatoms. The predicted octanol–water partition coefficient (Wildman–Crippen LogP) is 4.71. The third-order valence-corrected chi connectivity index (χ3v) is 12.9. The van der Waals surface area contributed by atoms with Gasteiger partial charge in [-0.1, -0.05) is 17.7 Å². The summed E-state index contributed by atoms with van der Waals surface area (Å²) in [6.07, 6.45) is 6.52. The van der Waals surface area contributed by atoms with Crippen LogP contribution in [0.5, 0.6) is 5.75 Å². The molecule has 4 aliphatic rings. The quantitative estimate of drug-likeness (QED) is 0.194. The van der Waals surface area contributed by atoms with Gasteiger partial charge in [-0.05, 0) is 67.9 Å². The van der Waals surface area contributed by atoms with Crippen LogP contribution < -0.4 is 42.0 Å². The first-order valence-electron chi connectivity index (χ1n) is 20.7. The number of nitrogens with zero attached hydrogens (tertiary/aromatic N) is 9. The lowest BCUT2D eigenvalue weighted by Gasteiger charge is -2.39. The number of hydrogen-bond donors (Lipinski definition) is 3. The number of aryl methyl sites for hydroxylation is 2. The van der Waals surface area contributed by atoms with Gasteiger partial charge in [-0.2, -0.15) is 10.1 Å². The van der Waals surface area contributed by atoms with Crippen LogP contribution in [0.15, 0.2) is 69.2 Å². The Morgan fingerprint density at radius 1 is 0.951 bits per heavy atom. The number of ether oxygens (including phenoxy) is 1. The van der Waals surface area contributed by atoms with E-state index in [0.29, 0.717) is 58.0 Å². The number of benzene rings is 2. The molecule has 1 saturated carbocycles. The summed E-state index contributed by atoms with van der Waals surface area (Å²) >= 11 is 6.63. The van der Waals surface area contributed by atoms with Gasteiger partial charge >= 0.3 is 11.6 Å². The first kappa shape index (κ1) is 39.1. The highest BCUT2D eigenvalue weighted by Gasteiger charge is 2.51. The molecule has 0 radical (unpaired) electrons. The Hall–Kier alpha value is -6.01. The average Bonchev–Trinajstić information content (AvgIpc) is 4.05. The van der Waals surface area contributed by atoms with Crippen molar-refractivity contribution in [1.29, 1.82) is 0 Å². The molecule has 1 aliphatic carbocycles. The molecule has 4 aromatic heterocycles. The smallest absolute Gasteiger partial charge is 0.334 e. The number of piperidine rings is 1. The molecular weight excluding hydrogens is 810 g/mol. The van der Waals surface area contributed by atoms with Crippen LogP contribution in [0.1, 0.15) is 25.7 Å². The number of piperazine rings is 1. The second kappa shape index (κ2) is 15.2. The van der Waals surface area contributed by atoms with Crippen molar-refractivity contribution < 1.29 is 13.5 Å². The number of H-pyrrole nitrogens is 1. The minimum Gasteiger partial charge on any atom is -0.480 e. The maximum atomic E-state index is 15.2. The Morgan fingerprint density at radius 2 is 1.74 bits per heavy atom. The Morgan fingerprint density at radius 3 is 2.49 bits per heavy atom. The van der Waals surface area contributed by atoms with Gasteiger partial charge in [0, 0.05) is 88.6 Å². The number of nitrogens with one attached hydrogen (secondary N) is 3. The minimum atomic E-state index is -3.13. The fourth-order valence-electron chi connectivity index (χ4n) is 9.19. The highest BCUT2D eigenvalue weighted by molar-refractivity contribution is 6.33. The highest BCUT2D eigenvalue weighted by Crippen LogP contribution is 2.46. The van der Waals surface area contributed by atoms with E-state index in [9.17, 15) is 14.4 Å². The van der Waals surface area contributed by atoms with Gasteiger partial charge in [0.2, 0.25) is 11.7 Å². The van der Waals surface area contributed by atoms with Crippen LogP contribution in [-0.4, -0.2) is 103 Å². The van der Waals surface area contributed by atoms with E-state index in [2.05, 4.69) is 46.5 Å². The molecule has 2 saturated heterocycles. The Labute approximate surface area is 352 Å². The van der Waals surface area contributed by atoms with E-state index >= 15 is 8.78 Å². The zero-order chi connectivity index (χ0) is 42.2. The van der Waals surface area contributed by atoms with Gasteiger partial charge in [0.1, 0.15) is 5.02 Å². The molecule has 0 bridgehead atoms. The molecule has 10 rings (SSSR count). The number of rotatable bonds is 8. The van der Waals surface area contributed by atoms with Gasteiger partial charge in [0.05, 0.1) is 34.6 Å². The van der Waals surface area contributed by atoms with Crippen LogP contribution in [0.4, 0.5) is 37.6 Å². The SMILES string of the molecule is Cn1nc(-n2ccc(=O)[nH]c2=O)c2cccc(N3CCC(CN4CCN(c5ncc(Cl)c(Nc6ccc7c(c6)c6c(c(=O)n7C)OCC(F)(F)C(C7CC7)N6)n5)CC4)CC3)c21. The van der Waals surface area contributed by atoms with Crippen molar-refractivity contribution in [2.45, 2.75) is 37.6 Å². The van der Waals surface area contributed by atoms with E-state index in [4.69, 9.17) is 21.3 Å². The second-order valence-electron chi connectivity index (χ2n) is 16.6. The number of alkyl halides is 2. The number of halogens is 3. The van der Waals surface area contributed by atoms with Crippen LogP contribution in [0.2, 0.25) is 5.02 Å². The molecule has 3 aliphatic heterocycles. The zero-order valence-corrected chi connectivity index (χ0v) is 34.5. The van der Waals surface area contributed by atoms with Crippen molar-refractivity contribution >= 4 is 62.2 Å². The van der Waals surface area contributed by atoms with E-state index in [1.54, 1.807) is 36.1 Å². The Kier molecular flexibility index (Phi) is 9.73. The molecule has 16 nitrogen and oxygen atoms in total.